The third-order valence-electron chi connectivity index (χ3n) is 6.93. The molecule has 3 N–H and O–H groups in total. The Morgan fingerprint density at radius 1 is 1.00 bits per heavy atom. The normalized spacial score (nSPS) is 11.5. The number of ether oxygens (including phenoxy) is 1. The largest absolute Gasteiger partial charge is 0.492 e. The smallest absolute Gasteiger partial charge is 0.224 e. The molecule has 1 amide bonds. The van der Waals surface area contributed by atoms with Crippen molar-refractivity contribution in [2.24, 2.45) is 0 Å². The van der Waals surface area contributed by atoms with E-state index in [9.17, 15) is 9.18 Å². The summed E-state index contributed by atoms with van der Waals surface area (Å²) in [5.74, 6) is 0.570. The second-order valence-corrected chi connectivity index (χ2v) is 11.7. The van der Waals surface area contributed by atoms with Gasteiger partial charge in [-0.2, -0.15) is 5.10 Å². The molecule has 0 aliphatic rings. The second kappa shape index (κ2) is 12.1. The Bertz CT molecular complexity index is 1970. The quantitative estimate of drug-likeness (QED) is 0.143. The van der Waals surface area contributed by atoms with E-state index in [1.165, 1.54) is 12.1 Å². The van der Waals surface area contributed by atoms with Gasteiger partial charge >= 0.3 is 0 Å². The van der Waals surface area contributed by atoms with Crippen LogP contribution in [-0.2, 0) is 4.79 Å². The van der Waals surface area contributed by atoms with Crippen LogP contribution in [0.3, 0.4) is 0 Å². The molecule has 0 aliphatic heterocycles. The minimum Gasteiger partial charge on any atom is -0.492 e. The first-order valence-electron chi connectivity index (χ1n) is 13.8. The Morgan fingerprint density at radius 3 is 2.67 bits per heavy atom. The number of nitrogens with zero attached hydrogens (tertiary/aromatic N) is 4. The van der Waals surface area contributed by atoms with Gasteiger partial charge in [0.2, 0.25) is 5.91 Å². The molecule has 43 heavy (non-hydrogen) atoms. The number of rotatable bonds is 9. The van der Waals surface area contributed by atoms with E-state index >= 15 is 0 Å². The molecule has 0 spiro atoms. The Hall–Kier alpha value is -4.36. The number of H-pyrrole nitrogens is 2. The number of hydrogen-bond acceptors (Lipinski definition) is 6. The molecule has 6 aromatic rings. The predicted octanol–water partition coefficient (Wildman–Crippen LogP) is 6.87. The molecule has 3 aromatic heterocycles. The molecule has 0 unspecified atom stereocenters. The lowest BCUT2D eigenvalue weighted by Gasteiger charge is -2.12. The lowest BCUT2D eigenvalue weighted by atomic mass is 10.0. The van der Waals surface area contributed by atoms with Gasteiger partial charge in [-0.05, 0) is 90.8 Å². The number of hydrogen-bond donors (Lipinski definition) is 3. The zero-order chi connectivity index (χ0) is 30.1. The molecule has 3 aromatic carbocycles. The van der Waals surface area contributed by atoms with E-state index in [0.717, 1.165) is 43.7 Å². The Kier molecular flexibility index (Phi) is 8.08. The lowest BCUT2D eigenvalue weighted by Crippen LogP contribution is -2.19. The number of carbonyl (C=O) groups is 1. The van der Waals surface area contributed by atoms with Crippen molar-refractivity contribution in [2.45, 2.75) is 13.3 Å². The van der Waals surface area contributed by atoms with Crippen LogP contribution in [0.2, 0.25) is 0 Å². The van der Waals surface area contributed by atoms with Crippen LogP contribution < -0.4 is 10.1 Å². The van der Waals surface area contributed by atoms with Crippen molar-refractivity contribution < 1.29 is 13.9 Å². The number of carbonyl (C=O) groups excluding carboxylic acids is 1. The number of anilines is 1. The Morgan fingerprint density at radius 2 is 1.86 bits per heavy atom. The highest BCUT2D eigenvalue weighted by Crippen LogP contribution is 2.34. The summed E-state index contributed by atoms with van der Waals surface area (Å²) >= 11 is 2.23. The number of para-hydroxylation sites is 1. The van der Waals surface area contributed by atoms with Crippen molar-refractivity contribution in [3.63, 3.8) is 0 Å². The minimum atomic E-state index is -0.381. The highest BCUT2D eigenvalue weighted by molar-refractivity contribution is 14.1. The maximum Gasteiger partial charge on any atom is 0.224 e. The molecule has 9 nitrogen and oxygen atoms in total. The molecular weight excluding hydrogens is 660 g/mol. The first-order chi connectivity index (χ1) is 20.8. The van der Waals surface area contributed by atoms with Gasteiger partial charge in [-0.1, -0.05) is 19.1 Å². The van der Waals surface area contributed by atoms with Gasteiger partial charge in [0.05, 0.1) is 22.2 Å². The van der Waals surface area contributed by atoms with Crippen LogP contribution in [0.25, 0.3) is 56.0 Å². The first kappa shape index (κ1) is 28.7. The summed E-state index contributed by atoms with van der Waals surface area (Å²) in [5, 5.41) is 10.5. The van der Waals surface area contributed by atoms with E-state index in [1.54, 1.807) is 0 Å². The maximum absolute atomic E-state index is 14.6. The molecule has 0 atom stereocenters. The van der Waals surface area contributed by atoms with E-state index in [0.29, 0.717) is 46.9 Å². The number of likely N-dealkylation sites (N-methyl/N-ethyl adjacent to an activating group) is 1. The van der Waals surface area contributed by atoms with Gasteiger partial charge in [-0.15, -0.1) is 0 Å². The standard InChI is InChI=1S/C32H29FIN7O2/c1-4-28(42)35-22-14-19(13-21(34)17-22)25-8-9-27-30(36-25)31(40-39-27)32-37-26-7-5-6-24(29(26)38-32)18-12-20(33)16-23(15-18)43-11-10-41(2)3/h5-9,12-17H,4,10-11H2,1-3H3,(H,35,42)(H,37,38)(H,39,40). The molecule has 3 heterocycles. The van der Waals surface area contributed by atoms with Crippen molar-refractivity contribution in [3.8, 4) is 39.7 Å². The Balaban J connectivity index is 1.38. The van der Waals surface area contributed by atoms with Crippen LogP contribution in [0, 0.1) is 9.39 Å². The van der Waals surface area contributed by atoms with E-state index in [1.807, 2.05) is 80.5 Å². The van der Waals surface area contributed by atoms with E-state index in [-0.39, 0.29) is 11.7 Å². The van der Waals surface area contributed by atoms with E-state index in [4.69, 9.17) is 14.7 Å². The van der Waals surface area contributed by atoms with Crippen molar-refractivity contribution in [1.29, 1.82) is 0 Å². The zero-order valence-corrected chi connectivity index (χ0v) is 26.0. The molecule has 0 radical (unpaired) electrons. The fourth-order valence-electron chi connectivity index (χ4n) is 4.81. The number of halogens is 2. The Labute approximate surface area is 261 Å². The number of benzene rings is 3. The number of pyridine rings is 1. The average Bonchev–Trinajstić information content (AvgIpc) is 3.60. The summed E-state index contributed by atoms with van der Waals surface area (Å²) in [7, 11) is 3.92. The predicted molar refractivity (Wildman–Crippen MR) is 175 cm³/mol. The number of nitrogens with one attached hydrogen (secondary N) is 3. The zero-order valence-electron chi connectivity index (χ0n) is 23.8. The fourth-order valence-corrected chi connectivity index (χ4v) is 5.48. The second-order valence-electron chi connectivity index (χ2n) is 10.4. The summed E-state index contributed by atoms with van der Waals surface area (Å²) < 4.78 is 21.4. The van der Waals surface area contributed by atoms with Gasteiger partial charge in [0.15, 0.2) is 11.5 Å². The van der Waals surface area contributed by atoms with Crippen LogP contribution in [0.5, 0.6) is 5.75 Å². The van der Waals surface area contributed by atoms with Crippen LogP contribution in [0.4, 0.5) is 10.1 Å². The van der Waals surface area contributed by atoms with Crippen molar-refractivity contribution in [3.05, 3.63) is 76.1 Å². The molecule has 0 saturated heterocycles. The first-order valence-corrected chi connectivity index (χ1v) is 14.9. The van der Waals surface area contributed by atoms with Crippen molar-refractivity contribution >= 4 is 56.3 Å². The number of fused-ring (bicyclic) bond motifs is 2. The molecule has 0 saturated carbocycles. The summed E-state index contributed by atoms with van der Waals surface area (Å²) in [6.45, 7) is 2.99. The third-order valence-corrected chi connectivity index (χ3v) is 7.56. The van der Waals surface area contributed by atoms with Crippen LogP contribution in [-0.4, -0.2) is 63.2 Å². The highest BCUT2D eigenvalue weighted by atomic mass is 127. The van der Waals surface area contributed by atoms with Crippen molar-refractivity contribution in [1.82, 2.24) is 30.0 Å². The van der Waals surface area contributed by atoms with Gasteiger partial charge in [-0.3, -0.25) is 9.89 Å². The third kappa shape index (κ3) is 6.22. The van der Waals surface area contributed by atoms with Crippen LogP contribution in [0.1, 0.15) is 13.3 Å². The number of amides is 1. The number of aromatic nitrogens is 5. The molecule has 11 heteroatoms. The molecule has 218 valence electrons. The maximum atomic E-state index is 14.6. The van der Waals surface area contributed by atoms with Crippen LogP contribution >= 0.6 is 22.6 Å². The molecular formula is C32H29FIN7O2. The van der Waals surface area contributed by atoms with Gasteiger partial charge in [-0.25, -0.2) is 14.4 Å². The highest BCUT2D eigenvalue weighted by Gasteiger charge is 2.18. The van der Waals surface area contributed by atoms with Gasteiger partial charge < -0.3 is 19.9 Å². The van der Waals surface area contributed by atoms with E-state index < -0.39 is 0 Å². The monoisotopic (exact) mass is 689 g/mol. The molecule has 6 rings (SSSR count). The van der Waals surface area contributed by atoms with Crippen LogP contribution in [0.15, 0.2) is 66.7 Å². The number of imidazole rings is 1. The summed E-state index contributed by atoms with van der Waals surface area (Å²) in [6.07, 6.45) is 0.396. The van der Waals surface area contributed by atoms with Gasteiger partial charge in [0.25, 0.3) is 0 Å². The summed E-state index contributed by atoms with van der Waals surface area (Å²) in [4.78, 5) is 27.2. The minimum absolute atomic E-state index is 0.0518. The topological polar surface area (TPSA) is 112 Å². The van der Waals surface area contributed by atoms with E-state index in [2.05, 4.69) is 43.1 Å². The molecule has 0 aliphatic carbocycles. The fraction of sp³-hybridized carbons (Fsp3) is 0.188. The van der Waals surface area contributed by atoms with Gasteiger partial charge in [0.1, 0.15) is 23.7 Å². The molecule has 0 bridgehead atoms. The number of aromatic amines is 2. The van der Waals surface area contributed by atoms with Gasteiger partial charge in [0, 0.05) is 39.4 Å². The lowest BCUT2D eigenvalue weighted by molar-refractivity contribution is -0.115. The average molecular weight is 690 g/mol. The SMILES string of the molecule is CCC(=O)Nc1cc(I)cc(-c2ccc3[nH]nc(-c4nc5c(-c6cc(F)cc(OCCN(C)C)c6)cccc5[nH]4)c3n2)c1. The van der Waals surface area contributed by atoms with Crippen molar-refractivity contribution in [2.75, 3.05) is 32.6 Å². The summed E-state index contributed by atoms with van der Waals surface area (Å²) in [6, 6.07) is 20.1. The molecule has 0 fully saturated rings. The summed E-state index contributed by atoms with van der Waals surface area (Å²) in [5.41, 5.74) is 7.20.